The molecule has 4 rings (SSSR count). The molecule has 0 aliphatic carbocycles. The second-order valence-corrected chi connectivity index (χ2v) is 10.3. The maximum absolute atomic E-state index is 14.8. The summed E-state index contributed by atoms with van der Waals surface area (Å²) in [6.45, 7) is 7.61. The van der Waals surface area contributed by atoms with E-state index >= 15 is 0 Å². The van der Waals surface area contributed by atoms with Crippen LogP contribution in [0.4, 0.5) is 8.78 Å². The standard InChI is InChI=1S/C28H36F2N2O2/c1-28(2,30)20-31-16-12-21(13-17-31)19-34-24-9-6-22(7-10-24)23-8-11-25(26(29)18-23)27(33)32-14-4-3-5-15-32/h6-11,18,21H,3-5,12-17,19-20H2,1-2H3. The first-order valence-electron chi connectivity index (χ1n) is 12.5. The van der Waals surface area contributed by atoms with E-state index in [1.54, 1.807) is 24.8 Å². The fourth-order valence-electron chi connectivity index (χ4n) is 4.94. The minimum atomic E-state index is -1.16. The fraction of sp³-hybridized carbons (Fsp3) is 0.536. The molecular formula is C28H36F2N2O2. The highest BCUT2D eigenvalue weighted by Gasteiger charge is 2.25. The Morgan fingerprint density at radius 2 is 1.62 bits per heavy atom. The summed E-state index contributed by atoms with van der Waals surface area (Å²) in [4.78, 5) is 16.6. The van der Waals surface area contributed by atoms with Gasteiger partial charge >= 0.3 is 0 Å². The molecule has 2 aliphatic rings. The molecule has 2 fully saturated rings. The second-order valence-electron chi connectivity index (χ2n) is 10.3. The molecule has 2 aromatic rings. The van der Waals surface area contributed by atoms with Crippen LogP contribution in [0.25, 0.3) is 11.1 Å². The van der Waals surface area contributed by atoms with E-state index in [4.69, 9.17) is 4.74 Å². The largest absolute Gasteiger partial charge is 0.493 e. The number of piperidine rings is 2. The summed E-state index contributed by atoms with van der Waals surface area (Å²) >= 11 is 0. The number of likely N-dealkylation sites (tertiary alicyclic amines) is 2. The summed E-state index contributed by atoms with van der Waals surface area (Å²) in [6, 6.07) is 12.5. The zero-order valence-electron chi connectivity index (χ0n) is 20.4. The lowest BCUT2D eigenvalue weighted by atomic mass is 9.97. The van der Waals surface area contributed by atoms with E-state index < -0.39 is 11.5 Å². The van der Waals surface area contributed by atoms with Crippen molar-refractivity contribution in [3.8, 4) is 16.9 Å². The number of rotatable bonds is 7. The molecule has 4 nitrogen and oxygen atoms in total. The highest BCUT2D eigenvalue weighted by Crippen LogP contribution is 2.27. The van der Waals surface area contributed by atoms with Crippen LogP contribution in [0.5, 0.6) is 5.75 Å². The molecule has 0 unspecified atom stereocenters. The quantitative estimate of drug-likeness (QED) is 0.501. The van der Waals surface area contributed by atoms with Gasteiger partial charge in [-0.15, -0.1) is 0 Å². The van der Waals surface area contributed by atoms with Gasteiger partial charge in [-0.1, -0.05) is 18.2 Å². The van der Waals surface area contributed by atoms with Crippen molar-refractivity contribution in [1.29, 1.82) is 0 Å². The molecule has 0 spiro atoms. The Morgan fingerprint density at radius 3 is 2.24 bits per heavy atom. The lowest BCUT2D eigenvalue weighted by Gasteiger charge is -2.34. The maximum Gasteiger partial charge on any atom is 0.256 e. The molecular weight excluding hydrogens is 434 g/mol. The average molecular weight is 471 g/mol. The first-order valence-corrected chi connectivity index (χ1v) is 12.5. The van der Waals surface area contributed by atoms with Crippen molar-refractivity contribution >= 4 is 5.91 Å². The van der Waals surface area contributed by atoms with Crippen molar-refractivity contribution in [1.82, 2.24) is 9.80 Å². The van der Waals surface area contributed by atoms with Crippen LogP contribution >= 0.6 is 0 Å². The number of hydrogen-bond acceptors (Lipinski definition) is 3. The summed E-state index contributed by atoms with van der Waals surface area (Å²) in [5, 5.41) is 0. The number of hydrogen-bond donors (Lipinski definition) is 0. The Morgan fingerprint density at radius 1 is 0.971 bits per heavy atom. The Hall–Kier alpha value is -2.47. The van der Waals surface area contributed by atoms with Gasteiger partial charge in [-0.05, 0) is 100 Å². The Bertz CT molecular complexity index is 957. The van der Waals surface area contributed by atoms with Gasteiger partial charge in [0.1, 0.15) is 17.2 Å². The van der Waals surface area contributed by atoms with E-state index in [2.05, 4.69) is 4.90 Å². The third-order valence-electron chi connectivity index (χ3n) is 6.82. The highest BCUT2D eigenvalue weighted by atomic mass is 19.1. The monoisotopic (exact) mass is 470 g/mol. The molecule has 0 atom stereocenters. The smallest absolute Gasteiger partial charge is 0.256 e. The molecule has 2 aliphatic heterocycles. The zero-order chi connectivity index (χ0) is 24.1. The summed E-state index contributed by atoms with van der Waals surface area (Å²) in [6.07, 6.45) is 5.11. The molecule has 184 valence electrons. The highest BCUT2D eigenvalue weighted by molar-refractivity contribution is 5.95. The predicted molar refractivity (Wildman–Crippen MR) is 131 cm³/mol. The van der Waals surface area contributed by atoms with Crippen LogP contribution < -0.4 is 4.74 Å². The number of alkyl halides is 1. The normalized spacial score (nSPS) is 18.2. The van der Waals surface area contributed by atoms with Gasteiger partial charge in [-0.3, -0.25) is 4.79 Å². The summed E-state index contributed by atoms with van der Waals surface area (Å²) in [5.41, 5.74) is 0.608. The molecule has 2 aromatic carbocycles. The van der Waals surface area contributed by atoms with Crippen molar-refractivity contribution < 1.29 is 18.3 Å². The SMILES string of the molecule is CC(C)(F)CN1CCC(COc2ccc(-c3ccc(C(=O)N4CCCCC4)c(F)c3)cc2)CC1. The van der Waals surface area contributed by atoms with Gasteiger partial charge in [-0.25, -0.2) is 8.78 Å². The summed E-state index contributed by atoms with van der Waals surface area (Å²) in [7, 11) is 0. The molecule has 0 saturated carbocycles. The lowest BCUT2D eigenvalue weighted by molar-refractivity contribution is 0.0719. The lowest BCUT2D eigenvalue weighted by Crippen LogP contribution is -2.41. The molecule has 2 heterocycles. The number of amides is 1. The number of benzene rings is 2. The van der Waals surface area contributed by atoms with Gasteiger partial charge in [0.2, 0.25) is 0 Å². The molecule has 0 bridgehead atoms. The molecule has 2 saturated heterocycles. The van der Waals surface area contributed by atoms with E-state index in [9.17, 15) is 13.6 Å². The van der Waals surface area contributed by atoms with Crippen LogP contribution in [0.2, 0.25) is 0 Å². The molecule has 0 aromatic heterocycles. The van der Waals surface area contributed by atoms with Gasteiger partial charge in [0.05, 0.1) is 12.2 Å². The summed E-state index contributed by atoms with van der Waals surface area (Å²) in [5.74, 6) is 0.564. The average Bonchev–Trinajstić information content (AvgIpc) is 2.83. The van der Waals surface area contributed by atoms with Crippen LogP contribution in [-0.2, 0) is 0 Å². The van der Waals surface area contributed by atoms with E-state index in [0.29, 0.717) is 32.2 Å². The van der Waals surface area contributed by atoms with Crippen molar-refractivity contribution in [2.45, 2.75) is 51.6 Å². The molecule has 0 N–H and O–H groups in total. The molecule has 6 heteroatoms. The van der Waals surface area contributed by atoms with E-state index in [0.717, 1.165) is 62.1 Å². The van der Waals surface area contributed by atoms with Gasteiger partial charge in [0, 0.05) is 19.6 Å². The van der Waals surface area contributed by atoms with Crippen molar-refractivity contribution in [3.05, 3.63) is 53.8 Å². The zero-order valence-corrected chi connectivity index (χ0v) is 20.4. The predicted octanol–water partition coefficient (Wildman–Crippen LogP) is 5.96. The van der Waals surface area contributed by atoms with Crippen LogP contribution in [0.15, 0.2) is 42.5 Å². The van der Waals surface area contributed by atoms with Crippen LogP contribution in [0.1, 0.15) is 56.3 Å². The maximum atomic E-state index is 14.8. The van der Waals surface area contributed by atoms with Crippen molar-refractivity contribution in [3.63, 3.8) is 0 Å². The van der Waals surface area contributed by atoms with Gasteiger partial charge in [0.15, 0.2) is 0 Å². The van der Waals surface area contributed by atoms with Crippen LogP contribution in [-0.4, -0.2) is 60.7 Å². The molecule has 34 heavy (non-hydrogen) atoms. The number of ether oxygens (including phenoxy) is 1. The second kappa shape index (κ2) is 10.9. The van der Waals surface area contributed by atoms with Crippen molar-refractivity contribution in [2.24, 2.45) is 5.92 Å². The van der Waals surface area contributed by atoms with Gasteiger partial charge in [-0.2, -0.15) is 0 Å². The Kier molecular flexibility index (Phi) is 7.87. The Balaban J connectivity index is 1.30. The minimum absolute atomic E-state index is 0.145. The first kappa shape index (κ1) is 24.6. The van der Waals surface area contributed by atoms with Gasteiger partial charge in [0.25, 0.3) is 5.91 Å². The topological polar surface area (TPSA) is 32.8 Å². The van der Waals surface area contributed by atoms with E-state index in [1.807, 2.05) is 30.3 Å². The molecule has 1 amide bonds. The number of nitrogens with zero attached hydrogens (tertiary/aromatic N) is 2. The first-order chi connectivity index (χ1) is 16.3. The van der Waals surface area contributed by atoms with Crippen LogP contribution in [0.3, 0.4) is 0 Å². The van der Waals surface area contributed by atoms with E-state index in [1.165, 1.54) is 6.07 Å². The van der Waals surface area contributed by atoms with Gasteiger partial charge < -0.3 is 14.5 Å². The number of carbonyl (C=O) groups is 1. The third kappa shape index (κ3) is 6.56. The fourth-order valence-corrected chi connectivity index (χ4v) is 4.94. The number of halogens is 2. The molecule has 0 radical (unpaired) electrons. The number of carbonyl (C=O) groups excluding carboxylic acids is 1. The van der Waals surface area contributed by atoms with Crippen molar-refractivity contribution in [2.75, 3.05) is 39.3 Å². The minimum Gasteiger partial charge on any atom is -0.493 e. The Labute approximate surface area is 201 Å². The summed E-state index contributed by atoms with van der Waals surface area (Å²) < 4.78 is 34.6. The van der Waals surface area contributed by atoms with E-state index in [-0.39, 0.29) is 11.5 Å². The van der Waals surface area contributed by atoms with Crippen LogP contribution in [0, 0.1) is 11.7 Å². The third-order valence-corrected chi connectivity index (χ3v) is 6.82.